The van der Waals surface area contributed by atoms with E-state index in [-0.39, 0.29) is 5.76 Å². The zero-order valence-electron chi connectivity index (χ0n) is 10.3. The molecule has 2 rings (SSSR count). The molecule has 1 aliphatic carbocycles. The normalized spacial score (nSPS) is 28.9. The van der Waals surface area contributed by atoms with Crippen LogP contribution < -0.4 is 5.32 Å². The highest BCUT2D eigenvalue weighted by Gasteiger charge is 2.27. The maximum atomic E-state index is 10.7. The van der Waals surface area contributed by atoms with Gasteiger partial charge in [0.05, 0.1) is 0 Å². The van der Waals surface area contributed by atoms with Gasteiger partial charge >= 0.3 is 5.97 Å². The number of rotatable bonds is 3. The molecular weight excluding hydrogens is 218 g/mol. The summed E-state index contributed by atoms with van der Waals surface area (Å²) in [6, 6.07) is 3.56. The predicted molar refractivity (Wildman–Crippen MR) is 65.3 cm³/mol. The summed E-state index contributed by atoms with van der Waals surface area (Å²) in [6.45, 7) is 4.51. The van der Waals surface area contributed by atoms with Crippen molar-refractivity contribution in [2.75, 3.05) is 5.32 Å². The Balaban J connectivity index is 2.01. The first kappa shape index (κ1) is 12.0. The van der Waals surface area contributed by atoms with Crippen LogP contribution in [-0.2, 0) is 0 Å². The molecule has 0 spiro atoms. The molecule has 4 nitrogen and oxygen atoms in total. The number of anilines is 1. The van der Waals surface area contributed by atoms with Crippen LogP contribution in [0.4, 0.5) is 5.88 Å². The summed E-state index contributed by atoms with van der Waals surface area (Å²) in [7, 11) is 0. The third-order valence-corrected chi connectivity index (χ3v) is 3.85. The van der Waals surface area contributed by atoms with E-state index in [1.807, 2.05) is 0 Å². The van der Waals surface area contributed by atoms with Crippen molar-refractivity contribution in [1.29, 1.82) is 0 Å². The van der Waals surface area contributed by atoms with E-state index in [1.165, 1.54) is 18.9 Å². The molecule has 1 aromatic heterocycles. The fourth-order valence-electron chi connectivity index (χ4n) is 2.50. The van der Waals surface area contributed by atoms with Gasteiger partial charge in [-0.05, 0) is 24.3 Å². The van der Waals surface area contributed by atoms with E-state index >= 15 is 0 Å². The average Bonchev–Trinajstić information content (AvgIpc) is 2.73. The Morgan fingerprint density at radius 3 is 2.82 bits per heavy atom. The minimum Gasteiger partial charge on any atom is -0.475 e. The summed E-state index contributed by atoms with van der Waals surface area (Å²) in [4.78, 5) is 10.7. The summed E-state index contributed by atoms with van der Waals surface area (Å²) >= 11 is 0. The van der Waals surface area contributed by atoms with E-state index in [0.717, 1.165) is 6.42 Å². The molecule has 0 amide bonds. The molecule has 1 aliphatic rings. The summed E-state index contributed by atoms with van der Waals surface area (Å²) in [5.74, 6) is 0.817. The standard InChI is InChI=1S/C13H19NO3/c1-8-4-3-5-10(9(8)2)14-12-7-6-11(17-12)13(15)16/h6-10,14H,3-5H2,1-2H3,(H,15,16). The third kappa shape index (κ3) is 2.62. The number of hydrogen-bond acceptors (Lipinski definition) is 3. The van der Waals surface area contributed by atoms with Gasteiger partial charge in [-0.25, -0.2) is 4.79 Å². The highest BCUT2D eigenvalue weighted by atomic mass is 16.4. The molecule has 17 heavy (non-hydrogen) atoms. The van der Waals surface area contributed by atoms with E-state index in [1.54, 1.807) is 6.07 Å². The number of hydrogen-bond donors (Lipinski definition) is 2. The second kappa shape index (κ2) is 4.82. The maximum Gasteiger partial charge on any atom is 0.371 e. The molecule has 0 saturated heterocycles. The first-order valence-corrected chi connectivity index (χ1v) is 6.17. The lowest BCUT2D eigenvalue weighted by molar-refractivity contribution is 0.0663. The predicted octanol–water partition coefficient (Wildman–Crippen LogP) is 3.21. The highest BCUT2D eigenvalue weighted by Crippen LogP contribution is 2.31. The Morgan fingerprint density at radius 1 is 1.41 bits per heavy atom. The highest BCUT2D eigenvalue weighted by molar-refractivity contribution is 5.84. The first-order valence-electron chi connectivity index (χ1n) is 6.17. The lowest BCUT2D eigenvalue weighted by Crippen LogP contribution is -2.34. The lowest BCUT2D eigenvalue weighted by Gasteiger charge is -2.34. The Morgan fingerprint density at radius 2 is 2.18 bits per heavy atom. The van der Waals surface area contributed by atoms with E-state index < -0.39 is 5.97 Å². The number of aromatic carboxylic acids is 1. The van der Waals surface area contributed by atoms with Crippen LogP contribution in [0.1, 0.15) is 43.7 Å². The van der Waals surface area contributed by atoms with E-state index in [4.69, 9.17) is 9.52 Å². The van der Waals surface area contributed by atoms with Gasteiger partial charge in [0.1, 0.15) is 0 Å². The zero-order chi connectivity index (χ0) is 12.4. The van der Waals surface area contributed by atoms with Gasteiger partial charge in [-0.1, -0.05) is 26.7 Å². The van der Waals surface area contributed by atoms with E-state index in [2.05, 4.69) is 19.2 Å². The Kier molecular flexibility index (Phi) is 3.41. The Hall–Kier alpha value is -1.45. The maximum absolute atomic E-state index is 10.7. The molecular formula is C13H19NO3. The van der Waals surface area contributed by atoms with Crippen LogP contribution in [0.5, 0.6) is 0 Å². The van der Waals surface area contributed by atoms with Crippen LogP contribution in [0.3, 0.4) is 0 Å². The van der Waals surface area contributed by atoms with Crippen LogP contribution in [0.15, 0.2) is 16.5 Å². The first-order chi connectivity index (χ1) is 8.08. The summed E-state index contributed by atoms with van der Waals surface area (Å²) < 4.78 is 5.22. The SMILES string of the molecule is CC1CCCC(Nc2ccc(C(=O)O)o2)C1C. The second-order valence-corrected chi connectivity index (χ2v) is 4.99. The fourth-order valence-corrected chi connectivity index (χ4v) is 2.50. The number of nitrogens with one attached hydrogen (secondary N) is 1. The summed E-state index contributed by atoms with van der Waals surface area (Å²) in [5, 5.41) is 12.1. The quantitative estimate of drug-likeness (QED) is 0.847. The van der Waals surface area contributed by atoms with Crippen molar-refractivity contribution < 1.29 is 14.3 Å². The second-order valence-electron chi connectivity index (χ2n) is 4.99. The molecule has 94 valence electrons. The molecule has 1 heterocycles. The number of furan rings is 1. The van der Waals surface area contributed by atoms with Gasteiger partial charge in [0.25, 0.3) is 0 Å². The largest absolute Gasteiger partial charge is 0.475 e. The van der Waals surface area contributed by atoms with Gasteiger partial charge in [-0.3, -0.25) is 0 Å². The van der Waals surface area contributed by atoms with Crippen molar-refractivity contribution in [2.45, 2.75) is 39.2 Å². The van der Waals surface area contributed by atoms with Gasteiger partial charge in [-0.15, -0.1) is 0 Å². The van der Waals surface area contributed by atoms with Gasteiger partial charge < -0.3 is 14.8 Å². The molecule has 0 aliphatic heterocycles. The van der Waals surface area contributed by atoms with Crippen LogP contribution in [-0.4, -0.2) is 17.1 Å². The lowest BCUT2D eigenvalue weighted by atomic mass is 9.78. The van der Waals surface area contributed by atoms with Crippen molar-refractivity contribution in [2.24, 2.45) is 11.8 Å². The molecule has 0 aromatic carbocycles. The Labute approximate surface area is 101 Å². The molecule has 1 aromatic rings. The number of carboxylic acid groups (broad SMARTS) is 1. The summed E-state index contributed by atoms with van der Waals surface area (Å²) in [5.41, 5.74) is 0. The van der Waals surface area contributed by atoms with Crippen molar-refractivity contribution in [3.8, 4) is 0 Å². The fraction of sp³-hybridized carbons (Fsp3) is 0.615. The van der Waals surface area contributed by atoms with Gasteiger partial charge in [0.2, 0.25) is 5.76 Å². The van der Waals surface area contributed by atoms with Gasteiger partial charge in [-0.2, -0.15) is 0 Å². The third-order valence-electron chi connectivity index (χ3n) is 3.85. The van der Waals surface area contributed by atoms with Crippen LogP contribution in [0.25, 0.3) is 0 Å². The van der Waals surface area contributed by atoms with E-state index in [9.17, 15) is 4.79 Å². The average molecular weight is 237 g/mol. The van der Waals surface area contributed by atoms with Crippen molar-refractivity contribution in [3.05, 3.63) is 17.9 Å². The topological polar surface area (TPSA) is 62.5 Å². The van der Waals surface area contributed by atoms with Crippen molar-refractivity contribution in [3.63, 3.8) is 0 Å². The van der Waals surface area contributed by atoms with Gasteiger partial charge in [0.15, 0.2) is 5.88 Å². The molecule has 4 heteroatoms. The van der Waals surface area contributed by atoms with Crippen LogP contribution in [0, 0.1) is 11.8 Å². The molecule has 3 unspecified atom stereocenters. The summed E-state index contributed by atoms with van der Waals surface area (Å²) in [6.07, 6.45) is 3.61. The molecule has 2 N–H and O–H groups in total. The monoisotopic (exact) mass is 237 g/mol. The van der Waals surface area contributed by atoms with Crippen LogP contribution in [0.2, 0.25) is 0 Å². The Bertz CT molecular complexity index is 399. The minimum absolute atomic E-state index is 0.0102. The van der Waals surface area contributed by atoms with E-state index in [0.29, 0.717) is 23.8 Å². The smallest absolute Gasteiger partial charge is 0.371 e. The van der Waals surface area contributed by atoms with Crippen LogP contribution >= 0.6 is 0 Å². The minimum atomic E-state index is -1.02. The molecule has 0 bridgehead atoms. The zero-order valence-corrected chi connectivity index (χ0v) is 10.3. The molecule has 3 atom stereocenters. The molecule has 0 radical (unpaired) electrons. The van der Waals surface area contributed by atoms with Crippen molar-refractivity contribution in [1.82, 2.24) is 0 Å². The van der Waals surface area contributed by atoms with Gasteiger partial charge in [0, 0.05) is 12.1 Å². The molecule has 1 saturated carbocycles. The molecule has 1 fully saturated rings. The van der Waals surface area contributed by atoms with Crippen molar-refractivity contribution >= 4 is 11.9 Å². The number of carboxylic acids is 1. The number of carbonyl (C=O) groups is 1.